The van der Waals surface area contributed by atoms with Crippen molar-refractivity contribution in [1.29, 1.82) is 0 Å². The van der Waals surface area contributed by atoms with Gasteiger partial charge in [0.1, 0.15) is 0 Å². The molecule has 0 bridgehead atoms. The molecule has 0 N–H and O–H groups in total. The highest BCUT2D eigenvalue weighted by atomic mass is 14.3. The fraction of sp³-hybridized carbons (Fsp3) is 0.409. The third-order valence-corrected chi connectivity index (χ3v) is 10.9. The van der Waals surface area contributed by atoms with E-state index in [9.17, 15) is 0 Å². The van der Waals surface area contributed by atoms with Gasteiger partial charge in [0.05, 0.1) is 0 Å². The van der Waals surface area contributed by atoms with Gasteiger partial charge >= 0.3 is 0 Å². The highest BCUT2D eigenvalue weighted by Gasteiger charge is 2.49. The molecule has 0 aliphatic carbocycles. The summed E-state index contributed by atoms with van der Waals surface area (Å²) in [5.74, 6) is 2.78. The second-order valence-corrected chi connectivity index (χ2v) is 16.0. The molecular weight excluding hydrogens is 550 g/mol. The predicted octanol–water partition coefficient (Wildman–Crippen LogP) is 9.66. The van der Waals surface area contributed by atoms with Crippen molar-refractivity contribution in [3.05, 3.63) is 117 Å². The van der Waals surface area contributed by atoms with Gasteiger partial charge in [0.2, 0.25) is 13.4 Å². The van der Waals surface area contributed by atoms with Gasteiger partial charge in [0.25, 0.3) is 0 Å². The molecule has 46 heavy (non-hydrogen) atoms. The molecule has 0 radical (unpaired) electrons. The number of fused-ring (bicyclic) bond motifs is 4. The van der Waals surface area contributed by atoms with Crippen LogP contribution in [0.1, 0.15) is 163 Å². The van der Waals surface area contributed by atoms with E-state index >= 15 is 0 Å². The molecule has 0 spiro atoms. The lowest BCUT2D eigenvalue weighted by atomic mass is 9.35. The van der Waals surface area contributed by atoms with Gasteiger partial charge < -0.3 is 0 Å². The number of benzene rings is 4. The maximum absolute atomic E-state index is 2.55. The summed E-state index contributed by atoms with van der Waals surface area (Å²) in [4.78, 5) is 0. The largest absolute Gasteiger partial charge is 0.242 e. The zero-order chi connectivity index (χ0) is 33.2. The molecule has 2 aliphatic rings. The molecule has 236 valence electrons. The molecule has 0 atom stereocenters. The van der Waals surface area contributed by atoms with Crippen LogP contribution in [0.15, 0.2) is 72.8 Å². The van der Waals surface area contributed by atoms with Crippen molar-refractivity contribution in [3.8, 4) is 0 Å². The van der Waals surface area contributed by atoms with Crippen LogP contribution in [0.4, 0.5) is 0 Å². The molecular formula is C44H54B2. The summed E-state index contributed by atoms with van der Waals surface area (Å²) < 4.78 is 0. The number of hydrogen-bond donors (Lipinski definition) is 0. The van der Waals surface area contributed by atoms with E-state index in [-0.39, 0.29) is 13.4 Å². The minimum atomic E-state index is 0.230. The maximum atomic E-state index is 2.55. The van der Waals surface area contributed by atoms with Gasteiger partial charge in [-0.1, -0.05) is 189 Å². The lowest BCUT2D eigenvalue weighted by Gasteiger charge is -2.28. The average molecular weight is 605 g/mol. The number of hydrogen-bond acceptors (Lipinski definition) is 0. The summed E-state index contributed by atoms with van der Waals surface area (Å²) in [6.45, 7) is 29.0. The molecule has 2 aliphatic heterocycles. The van der Waals surface area contributed by atoms with Crippen LogP contribution in [0.5, 0.6) is 0 Å². The summed E-state index contributed by atoms with van der Waals surface area (Å²) >= 11 is 0. The molecule has 0 nitrogen and oxygen atoms in total. The minimum Gasteiger partial charge on any atom is -0.0664 e. The first-order valence-electron chi connectivity index (χ1n) is 18.1. The first kappa shape index (κ1) is 32.7. The summed E-state index contributed by atoms with van der Waals surface area (Å²) in [5.41, 5.74) is 21.2. The van der Waals surface area contributed by atoms with Crippen molar-refractivity contribution in [2.75, 3.05) is 0 Å². The fourth-order valence-electron chi connectivity index (χ4n) is 8.50. The molecule has 2 heterocycles. The van der Waals surface area contributed by atoms with Gasteiger partial charge in [-0.3, -0.25) is 0 Å². The van der Waals surface area contributed by atoms with Crippen LogP contribution < -0.4 is 21.9 Å². The van der Waals surface area contributed by atoms with E-state index in [0.29, 0.717) is 35.5 Å². The van der Waals surface area contributed by atoms with Gasteiger partial charge in [-0.15, -0.1) is 0 Å². The van der Waals surface area contributed by atoms with Crippen molar-refractivity contribution in [2.45, 2.75) is 119 Å². The molecule has 0 saturated carbocycles. The molecule has 4 aromatic rings. The molecule has 6 rings (SSSR count). The maximum Gasteiger partial charge on any atom is 0.242 e. The van der Waals surface area contributed by atoms with Gasteiger partial charge in [-0.05, 0) is 80.0 Å². The van der Waals surface area contributed by atoms with Gasteiger partial charge in [0.15, 0.2) is 0 Å². The van der Waals surface area contributed by atoms with Crippen molar-refractivity contribution >= 4 is 46.2 Å². The zero-order valence-electron chi connectivity index (χ0n) is 30.5. The highest BCUT2D eigenvalue weighted by molar-refractivity contribution is 7.15. The molecule has 0 saturated heterocycles. The van der Waals surface area contributed by atoms with E-state index in [2.05, 4.69) is 156 Å². The Balaban J connectivity index is 1.74. The SMILES string of the molecule is CC(C)c1cc(C(C)C)c(B2C3=C(B(c4c(C(C)C)cc(C(C)C)cc4C(C)C)c4ccccc43)c3ccccc32)c(C(C)C)c1. The molecule has 4 aromatic carbocycles. The number of rotatable bonds is 8. The van der Waals surface area contributed by atoms with E-state index in [1.165, 1.54) is 55.4 Å². The monoisotopic (exact) mass is 604 g/mol. The van der Waals surface area contributed by atoms with Gasteiger partial charge in [0, 0.05) is 0 Å². The van der Waals surface area contributed by atoms with Crippen LogP contribution in [0, 0.1) is 0 Å². The van der Waals surface area contributed by atoms with Crippen LogP contribution >= 0.6 is 0 Å². The predicted molar refractivity (Wildman–Crippen MR) is 207 cm³/mol. The lowest BCUT2D eigenvalue weighted by molar-refractivity contribution is 0.812. The first-order chi connectivity index (χ1) is 21.8. The Hall–Kier alpha value is -3.25. The van der Waals surface area contributed by atoms with Crippen molar-refractivity contribution in [3.63, 3.8) is 0 Å². The molecule has 0 fully saturated rings. The Morgan fingerprint density at radius 1 is 0.370 bits per heavy atom. The van der Waals surface area contributed by atoms with E-state index in [1.54, 1.807) is 21.9 Å². The van der Waals surface area contributed by atoms with Crippen molar-refractivity contribution in [1.82, 2.24) is 0 Å². The normalized spacial score (nSPS) is 14.2. The van der Waals surface area contributed by atoms with E-state index < -0.39 is 0 Å². The second-order valence-electron chi connectivity index (χ2n) is 16.0. The Labute approximate surface area is 281 Å². The minimum absolute atomic E-state index is 0.230. The summed E-state index contributed by atoms with van der Waals surface area (Å²) in [7, 11) is 0. The van der Waals surface area contributed by atoms with E-state index in [0.717, 1.165) is 0 Å². The Morgan fingerprint density at radius 2 is 0.652 bits per heavy atom. The topological polar surface area (TPSA) is 0 Å². The molecule has 0 amide bonds. The Bertz CT molecular complexity index is 1620. The molecule has 0 unspecified atom stereocenters. The fourth-order valence-corrected chi connectivity index (χ4v) is 8.50. The van der Waals surface area contributed by atoms with Gasteiger partial charge in [-0.25, -0.2) is 0 Å². The summed E-state index contributed by atoms with van der Waals surface area (Å²) in [6, 6.07) is 29.0. The Morgan fingerprint density at radius 3 is 0.913 bits per heavy atom. The van der Waals surface area contributed by atoms with Crippen LogP contribution in [0.3, 0.4) is 0 Å². The summed E-state index contributed by atoms with van der Waals surface area (Å²) in [5, 5.41) is 0. The van der Waals surface area contributed by atoms with Crippen LogP contribution in [-0.4, -0.2) is 13.4 Å². The van der Waals surface area contributed by atoms with Crippen LogP contribution in [0.2, 0.25) is 0 Å². The molecule has 0 aromatic heterocycles. The molecule has 2 heteroatoms. The third kappa shape index (κ3) is 5.25. The van der Waals surface area contributed by atoms with Crippen LogP contribution in [0.25, 0.3) is 10.9 Å². The quantitative estimate of drug-likeness (QED) is 0.176. The van der Waals surface area contributed by atoms with E-state index in [1.807, 2.05) is 0 Å². The first-order valence-corrected chi connectivity index (χ1v) is 18.1. The van der Waals surface area contributed by atoms with Crippen molar-refractivity contribution in [2.24, 2.45) is 0 Å². The highest BCUT2D eigenvalue weighted by Crippen LogP contribution is 2.43. The third-order valence-electron chi connectivity index (χ3n) is 10.9. The standard InChI is InChI=1S/C44H54B2/c1-25(2)31-21-35(27(5)6)41(36(22-31)28(7)8)45-39-19-15-13-17-33(39)44-43(45)34-18-14-16-20-40(34)46(44)42-37(29(9)10)23-32(26(3)4)24-38(42)30(11)12/h13-30H,1-12H3. The second kappa shape index (κ2) is 12.4. The van der Waals surface area contributed by atoms with Gasteiger partial charge in [-0.2, -0.15) is 0 Å². The lowest BCUT2D eigenvalue weighted by Crippen LogP contribution is -2.49. The zero-order valence-corrected chi connectivity index (χ0v) is 30.5. The average Bonchev–Trinajstić information content (AvgIpc) is 3.52. The Kier molecular flexibility index (Phi) is 8.82. The van der Waals surface area contributed by atoms with Crippen molar-refractivity contribution < 1.29 is 0 Å². The van der Waals surface area contributed by atoms with Crippen LogP contribution in [-0.2, 0) is 0 Å². The smallest absolute Gasteiger partial charge is 0.0664 e. The summed E-state index contributed by atoms with van der Waals surface area (Å²) in [6.07, 6.45) is 0. The van der Waals surface area contributed by atoms with E-state index in [4.69, 9.17) is 0 Å².